The van der Waals surface area contributed by atoms with Gasteiger partial charge in [0.25, 0.3) is 5.91 Å². The Morgan fingerprint density at radius 3 is 3.08 bits per heavy atom. The summed E-state index contributed by atoms with van der Waals surface area (Å²) in [6, 6.07) is 1.77. The molecule has 0 aromatic carbocycles. The fourth-order valence-corrected chi connectivity index (χ4v) is 1.04. The molecule has 0 aliphatic carbocycles. The van der Waals surface area contributed by atoms with Crippen molar-refractivity contribution in [3.63, 3.8) is 0 Å². The van der Waals surface area contributed by atoms with E-state index in [4.69, 9.17) is 5.73 Å². The summed E-state index contributed by atoms with van der Waals surface area (Å²) < 4.78 is 1.41. The lowest BCUT2D eigenvalue weighted by atomic mass is 10.4. The third kappa shape index (κ3) is 1.12. The first kappa shape index (κ1) is 7.66. The normalized spacial score (nSPS) is 10.5. The van der Waals surface area contributed by atoms with Crippen LogP contribution in [0.2, 0.25) is 0 Å². The number of amides is 1. The predicted octanol–water partition coefficient (Wildman–Crippen LogP) is -0.468. The monoisotopic (exact) mass is 177 g/mol. The van der Waals surface area contributed by atoms with Crippen LogP contribution in [0.3, 0.4) is 0 Å². The van der Waals surface area contributed by atoms with Crippen LogP contribution in [0.1, 0.15) is 16.2 Å². The van der Waals surface area contributed by atoms with E-state index < -0.39 is 5.91 Å². The summed E-state index contributed by atoms with van der Waals surface area (Å²) in [5.74, 6) is -0.617. The van der Waals surface area contributed by atoms with Gasteiger partial charge in [-0.3, -0.25) is 4.79 Å². The largest absolute Gasteiger partial charge is 0.364 e. The molecule has 2 N–H and O–H groups in total. The lowest BCUT2D eigenvalue weighted by Gasteiger charge is -1.93. The maximum atomic E-state index is 10.9. The minimum Gasteiger partial charge on any atom is -0.364 e. The summed E-state index contributed by atoms with van der Waals surface area (Å²) >= 11 is 0. The Morgan fingerprint density at radius 1 is 1.62 bits per heavy atom. The smallest absolute Gasteiger partial charge is 0.273 e. The van der Waals surface area contributed by atoms with Gasteiger partial charge in [-0.05, 0) is 13.0 Å². The van der Waals surface area contributed by atoms with Crippen LogP contribution in [-0.4, -0.2) is 25.7 Å². The van der Waals surface area contributed by atoms with E-state index in [0.717, 1.165) is 5.69 Å². The number of nitrogens with two attached hydrogens (primary N) is 1. The number of carbonyl (C=O) groups is 1. The molecule has 6 nitrogen and oxygen atoms in total. The maximum absolute atomic E-state index is 10.9. The minimum absolute atomic E-state index is 0.101. The van der Waals surface area contributed by atoms with E-state index in [2.05, 4.69) is 15.3 Å². The van der Waals surface area contributed by atoms with Crippen LogP contribution >= 0.6 is 0 Å². The molecule has 0 saturated heterocycles. The van der Waals surface area contributed by atoms with Gasteiger partial charge in [0.05, 0.1) is 0 Å². The van der Waals surface area contributed by atoms with Gasteiger partial charge >= 0.3 is 0 Å². The highest BCUT2D eigenvalue weighted by molar-refractivity contribution is 5.96. The molecule has 0 atom stereocenters. The second-order valence-electron chi connectivity index (χ2n) is 2.64. The van der Waals surface area contributed by atoms with E-state index in [1.807, 2.05) is 6.92 Å². The first-order valence-corrected chi connectivity index (χ1v) is 3.67. The lowest BCUT2D eigenvalue weighted by Crippen LogP contribution is -2.12. The molecule has 2 aromatic heterocycles. The van der Waals surface area contributed by atoms with Crippen LogP contribution < -0.4 is 5.73 Å². The Bertz CT molecular complexity index is 475. The molecular weight excluding hydrogens is 170 g/mol. The van der Waals surface area contributed by atoms with E-state index in [-0.39, 0.29) is 5.69 Å². The molecule has 0 aliphatic heterocycles. The average Bonchev–Trinajstić information content (AvgIpc) is 2.46. The van der Waals surface area contributed by atoms with Crippen molar-refractivity contribution in [1.82, 2.24) is 19.8 Å². The molecule has 0 spiro atoms. The number of hydrogen-bond acceptors (Lipinski definition) is 4. The molecule has 0 aliphatic rings. The Kier molecular flexibility index (Phi) is 1.48. The van der Waals surface area contributed by atoms with E-state index in [0.29, 0.717) is 5.65 Å². The summed E-state index contributed by atoms with van der Waals surface area (Å²) in [4.78, 5) is 14.9. The van der Waals surface area contributed by atoms with Crippen molar-refractivity contribution < 1.29 is 4.79 Å². The van der Waals surface area contributed by atoms with E-state index in [9.17, 15) is 4.79 Å². The lowest BCUT2D eigenvalue weighted by molar-refractivity contribution is 0.0997. The minimum atomic E-state index is -0.617. The van der Waals surface area contributed by atoms with Crippen LogP contribution in [0, 0.1) is 6.92 Å². The summed E-state index contributed by atoms with van der Waals surface area (Å²) in [5.41, 5.74) is 6.37. The zero-order chi connectivity index (χ0) is 9.42. The van der Waals surface area contributed by atoms with Crippen molar-refractivity contribution in [3.05, 3.63) is 23.7 Å². The summed E-state index contributed by atoms with van der Waals surface area (Å²) in [6.45, 7) is 1.82. The number of carbonyl (C=O) groups excluding carboxylic acids is 1. The second kappa shape index (κ2) is 2.51. The van der Waals surface area contributed by atoms with Crippen LogP contribution in [0.4, 0.5) is 0 Å². The molecule has 66 valence electrons. The molecule has 13 heavy (non-hydrogen) atoms. The van der Waals surface area contributed by atoms with Gasteiger partial charge in [0, 0.05) is 11.9 Å². The summed E-state index contributed by atoms with van der Waals surface area (Å²) in [7, 11) is 0. The first-order valence-electron chi connectivity index (χ1n) is 3.67. The quantitative estimate of drug-likeness (QED) is 0.638. The first-order chi connectivity index (χ1) is 6.18. The van der Waals surface area contributed by atoms with Crippen molar-refractivity contribution in [2.24, 2.45) is 5.73 Å². The Labute approximate surface area is 73.4 Å². The Hall–Kier alpha value is -1.98. The molecule has 2 aromatic rings. The molecule has 1 amide bonds. The molecule has 2 rings (SSSR count). The highest BCUT2D eigenvalue weighted by Crippen LogP contribution is 2.03. The van der Waals surface area contributed by atoms with Gasteiger partial charge < -0.3 is 5.73 Å². The Balaban J connectivity index is 2.79. The number of aromatic nitrogens is 4. The SMILES string of the molecule is Cc1ccn2nnc(C(N)=O)c2n1. The van der Waals surface area contributed by atoms with Crippen LogP contribution in [0.25, 0.3) is 5.65 Å². The van der Waals surface area contributed by atoms with Crippen LogP contribution in [0.15, 0.2) is 12.3 Å². The average molecular weight is 177 g/mol. The van der Waals surface area contributed by atoms with Gasteiger partial charge in [0.15, 0.2) is 11.3 Å². The predicted molar refractivity (Wildman–Crippen MR) is 44.0 cm³/mol. The van der Waals surface area contributed by atoms with Crippen LogP contribution in [0.5, 0.6) is 0 Å². The molecule has 0 radical (unpaired) electrons. The Morgan fingerprint density at radius 2 is 2.38 bits per heavy atom. The number of fused-ring (bicyclic) bond motifs is 1. The fraction of sp³-hybridized carbons (Fsp3) is 0.143. The van der Waals surface area contributed by atoms with E-state index >= 15 is 0 Å². The molecule has 6 heteroatoms. The fourth-order valence-electron chi connectivity index (χ4n) is 1.04. The van der Waals surface area contributed by atoms with Crippen molar-refractivity contribution in [1.29, 1.82) is 0 Å². The van der Waals surface area contributed by atoms with E-state index in [1.54, 1.807) is 12.3 Å². The summed E-state index contributed by atoms with van der Waals surface area (Å²) in [5, 5.41) is 7.30. The standard InChI is InChI=1S/C7H7N5O/c1-4-2-3-12-7(9-4)5(6(8)13)10-11-12/h2-3H,1H3,(H2,8,13). The van der Waals surface area contributed by atoms with Gasteiger partial charge in [0.2, 0.25) is 0 Å². The van der Waals surface area contributed by atoms with Crippen LogP contribution in [-0.2, 0) is 0 Å². The second-order valence-corrected chi connectivity index (χ2v) is 2.64. The van der Waals surface area contributed by atoms with E-state index in [1.165, 1.54) is 4.52 Å². The number of hydrogen-bond donors (Lipinski definition) is 1. The molecule has 0 unspecified atom stereocenters. The highest BCUT2D eigenvalue weighted by Gasteiger charge is 2.12. The van der Waals surface area contributed by atoms with Gasteiger partial charge in [0.1, 0.15) is 0 Å². The van der Waals surface area contributed by atoms with Crippen molar-refractivity contribution >= 4 is 11.6 Å². The van der Waals surface area contributed by atoms with Crippen molar-refractivity contribution in [2.75, 3.05) is 0 Å². The number of rotatable bonds is 1. The van der Waals surface area contributed by atoms with Gasteiger partial charge in [-0.25, -0.2) is 9.50 Å². The molecule has 0 bridgehead atoms. The zero-order valence-electron chi connectivity index (χ0n) is 6.93. The third-order valence-corrected chi connectivity index (χ3v) is 1.64. The highest BCUT2D eigenvalue weighted by atomic mass is 16.1. The number of nitrogens with zero attached hydrogens (tertiary/aromatic N) is 4. The van der Waals surface area contributed by atoms with Crippen molar-refractivity contribution in [3.8, 4) is 0 Å². The molecule has 0 fully saturated rings. The van der Waals surface area contributed by atoms with Gasteiger partial charge in [-0.2, -0.15) is 0 Å². The summed E-state index contributed by atoms with van der Waals surface area (Å²) in [6.07, 6.45) is 1.68. The number of primary amides is 1. The third-order valence-electron chi connectivity index (χ3n) is 1.64. The maximum Gasteiger partial charge on any atom is 0.273 e. The van der Waals surface area contributed by atoms with Gasteiger partial charge in [-0.1, -0.05) is 5.21 Å². The zero-order valence-corrected chi connectivity index (χ0v) is 6.93. The van der Waals surface area contributed by atoms with Crippen molar-refractivity contribution in [2.45, 2.75) is 6.92 Å². The molecular formula is C7H7N5O. The molecule has 0 saturated carbocycles. The number of aryl methyl sites for hydroxylation is 1. The van der Waals surface area contributed by atoms with Gasteiger partial charge in [-0.15, -0.1) is 5.10 Å². The molecule has 2 heterocycles. The topological polar surface area (TPSA) is 86.2 Å².